The van der Waals surface area contributed by atoms with E-state index in [1.54, 1.807) is 7.11 Å². The van der Waals surface area contributed by atoms with Crippen LogP contribution in [-0.2, 0) is 14.3 Å². The monoisotopic (exact) mass is 280 g/mol. The number of amides is 1. The maximum Gasteiger partial charge on any atom is 0.240 e. The Balaban J connectivity index is 0.00000289. The lowest BCUT2D eigenvalue weighted by molar-refractivity contribution is -0.127. The van der Waals surface area contributed by atoms with Crippen molar-refractivity contribution in [2.45, 2.75) is 31.7 Å². The second-order valence-electron chi connectivity index (χ2n) is 4.33. The van der Waals surface area contributed by atoms with Gasteiger partial charge in [0.2, 0.25) is 5.91 Å². The average molecular weight is 281 g/mol. The Kier molecular flexibility index (Phi) is 9.36. The summed E-state index contributed by atoms with van der Waals surface area (Å²) in [5.74, 6) is 0.104. The Bertz CT molecular complexity index is 233. The standard InChI is InChI=1S/C12H24N2O3.ClH/c1-3-12(5-4-6-14-12)11(15)13-7-8-17-10-9-16-2;/h14H,3-10H2,1-2H3,(H,13,15);1H. The molecule has 0 spiro atoms. The normalized spacial score (nSPS) is 22.6. The number of nitrogens with one attached hydrogen (secondary N) is 2. The van der Waals surface area contributed by atoms with E-state index in [1.807, 2.05) is 6.92 Å². The summed E-state index contributed by atoms with van der Waals surface area (Å²) < 4.78 is 10.2. The minimum absolute atomic E-state index is 0. The minimum Gasteiger partial charge on any atom is -0.382 e. The minimum atomic E-state index is -0.341. The molecule has 108 valence electrons. The summed E-state index contributed by atoms with van der Waals surface area (Å²) in [5, 5.41) is 6.23. The van der Waals surface area contributed by atoms with Crippen LogP contribution in [0.1, 0.15) is 26.2 Å². The van der Waals surface area contributed by atoms with Crippen LogP contribution in [0.3, 0.4) is 0 Å². The molecule has 2 N–H and O–H groups in total. The predicted molar refractivity (Wildman–Crippen MR) is 73.2 cm³/mol. The molecule has 0 aromatic carbocycles. The molecule has 1 aliphatic heterocycles. The van der Waals surface area contributed by atoms with Gasteiger partial charge in [0.15, 0.2) is 0 Å². The van der Waals surface area contributed by atoms with E-state index in [9.17, 15) is 4.79 Å². The molecule has 6 heteroatoms. The molecule has 1 atom stereocenters. The molecular formula is C12H25ClN2O3. The SMILES string of the molecule is CCC1(C(=O)NCCOCCOC)CCCN1.Cl. The number of carbonyl (C=O) groups excluding carboxylic acids is 1. The molecule has 5 nitrogen and oxygen atoms in total. The van der Waals surface area contributed by atoms with Crippen molar-refractivity contribution in [3.05, 3.63) is 0 Å². The number of halogens is 1. The van der Waals surface area contributed by atoms with E-state index in [0.717, 1.165) is 25.8 Å². The van der Waals surface area contributed by atoms with Gasteiger partial charge in [-0.05, 0) is 25.8 Å². The van der Waals surface area contributed by atoms with Crippen LogP contribution in [-0.4, -0.2) is 51.5 Å². The van der Waals surface area contributed by atoms with E-state index in [0.29, 0.717) is 26.4 Å². The lowest BCUT2D eigenvalue weighted by atomic mass is 9.93. The topological polar surface area (TPSA) is 59.6 Å². The van der Waals surface area contributed by atoms with Crippen molar-refractivity contribution in [2.75, 3.05) is 40.0 Å². The lowest BCUT2D eigenvalue weighted by Gasteiger charge is -2.26. The van der Waals surface area contributed by atoms with Crippen LogP contribution >= 0.6 is 12.4 Å². The number of rotatable bonds is 8. The lowest BCUT2D eigenvalue weighted by Crippen LogP contribution is -2.53. The highest BCUT2D eigenvalue weighted by Gasteiger charge is 2.38. The molecule has 1 amide bonds. The van der Waals surface area contributed by atoms with Crippen LogP contribution in [0.4, 0.5) is 0 Å². The molecule has 0 aliphatic carbocycles. The summed E-state index contributed by atoms with van der Waals surface area (Å²) in [6.07, 6.45) is 2.84. The first-order chi connectivity index (χ1) is 8.25. The summed E-state index contributed by atoms with van der Waals surface area (Å²) in [4.78, 5) is 12.0. The zero-order valence-corrected chi connectivity index (χ0v) is 12.1. The quantitative estimate of drug-likeness (QED) is 0.643. The molecule has 18 heavy (non-hydrogen) atoms. The van der Waals surface area contributed by atoms with Gasteiger partial charge in [0.05, 0.1) is 25.4 Å². The van der Waals surface area contributed by atoms with Gasteiger partial charge in [-0.3, -0.25) is 4.79 Å². The van der Waals surface area contributed by atoms with Crippen LogP contribution in [0.5, 0.6) is 0 Å². The number of methoxy groups -OCH3 is 1. The average Bonchev–Trinajstić information content (AvgIpc) is 2.83. The Hall–Kier alpha value is -0.360. The fourth-order valence-corrected chi connectivity index (χ4v) is 2.11. The van der Waals surface area contributed by atoms with Crippen molar-refractivity contribution in [2.24, 2.45) is 0 Å². The summed E-state index contributed by atoms with van der Waals surface area (Å²) >= 11 is 0. The van der Waals surface area contributed by atoms with Crippen LogP contribution in [0, 0.1) is 0 Å². The third-order valence-electron chi connectivity index (χ3n) is 3.25. The van der Waals surface area contributed by atoms with E-state index in [1.165, 1.54) is 0 Å². The van der Waals surface area contributed by atoms with Gasteiger partial charge in [-0.2, -0.15) is 0 Å². The molecule has 0 aromatic heterocycles. The molecule has 1 heterocycles. The molecule has 0 aromatic rings. The van der Waals surface area contributed by atoms with Gasteiger partial charge in [-0.1, -0.05) is 6.92 Å². The zero-order valence-electron chi connectivity index (χ0n) is 11.3. The first-order valence-corrected chi connectivity index (χ1v) is 6.35. The molecule has 1 saturated heterocycles. The Morgan fingerprint density at radius 2 is 2.17 bits per heavy atom. The van der Waals surface area contributed by atoms with Crippen LogP contribution in [0.2, 0.25) is 0 Å². The number of hydrogen-bond donors (Lipinski definition) is 2. The van der Waals surface area contributed by atoms with E-state index < -0.39 is 0 Å². The highest BCUT2D eigenvalue weighted by Crippen LogP contribution is 2.22. The van der Waals surface area contributed by atoms with Crippen LogP contribution < -0.4 is 10.6 Å². The van der Waals surface area contributed by atoms with Gasteiger partial charge in [-0.25, -0.2) is 0 Å². The summed E-state index contributed by atoms with van der Waals surface area (Å²) in [6.45, 7) is 5.25. The molecule has 0 bridgehead atoms. The van der Waals surface area contributed by atoms with Crippen molar-refractivity contribution in [3.8, 4) is 0 Å². The summed E-state index contributed by atoms with van der Waals surface area (Å²) in [7, 11) is 1.64. The number of hydrogen-bond acceptors (Lipinski definition) is 4. The van der Waals surface area contributed by atoms with Gasteiger partial charge in [0, 0.05) is 13.7 Å². The fourth-order valence-electron chi connectivity index (χ4n) is 2.11. The second-order valence-corrected chi connectivity index (χ2v) is 4.33. The Labute approximate surface area is 115 Å². The first kappa shape index (κ1) is 17.6. The van der Waals surface area contributed by atoms with Crippen molar-refractivity contribution < 1.29 is 14.3 Å². The second kappa shape index (κ2) is 9.55. The van der Waals surface area contributed by atoms with E-state index >= 15 is 0 Å². The maximum atomic E-state index is 12.0. The molecule has 1 rings (SSSR count). The first-order valence-electron chi connectivity index (χ1n) is 6.35. The van der Waals surface area contributed by atoms with Crippen LogP contribution in [0.25, 0.3) is 0 Å². The van der Waals surface area contributed by atoms with Gasteiger partial charge < -0.3 is 20.1 Å². The van der Waals surface area contributed by atoms with Gasteiger partial charge >= 0.3 is 0 Å². The Morgan fingerprint density at radius 3 is 2.72 bits per heavy atom. The highest BCUT2D eigenvalue weighted by molar-refractivity contribution is 5.86. The summed E-state index contributed by atoms with van der Waals surface area (Å²) in [5.41, 5.74) is -0.341. The molecule has 1 unspecified atom stereocenters. The number of ether oxygens (including phenoxy) is 2. The van der Waals surface area contributed by atoms with Gasteiger partial charge in [0.25, 0.3) is 0 Å². The molecule has 0 radical (unpaired) electrons. The van der Waals surface area contributed by atoms with Crippen molar-refractivity contribution in [1.29, 1.82) is 0 Å². The van der Waals surface area contributed by atoms with Gasteiger partial charge in [-0.15, -0.1) is 12.4 Å². The van der Waals surface area contributed by atoms with Crippen LogP contribution in [0.15, 0.2) is 0 Å². The van der Waals surface area contributed by atoms with Gasteiger partial charge in [0.1, 0.15) is 0 Å². The molecule has 0 saturated carbocycles. The van der Waals surface area contributed by atoms with Crippen molar-refractivity contribution >= 4 is 18.3 Å². The van der Waals surface area contributed by atoms with E-state index in [4.69, 9.17) is 9.47 Å². The third-order valence-corrected chi connectivity index (χ3v) is 3.25. The van der Waals surface area contributed by atoms with Crippen molar-refractivity contribution in [3.63, 3.8) is 0 Å². The largest absolute Gasteiger partial charge is 0.382 e. The Morgan fingerprint density at radius 1 is 1.39 bits per heavy atom. The van der Waals surface area contributed by atoms with E-state index in [2.05, 4.69) is 10.6 Å². The molecule has 1 aliphatic rings. The zero-order chi connectivity index (χ0) is 12.6. The van der Waals surface area contributed by atoms with Crippen molar-refractivity contribution in [1.82, 2.24) is 10.6 Å². The highest BCUT2D eigenvalue weighted by atomic mass is 35.5. The molecule has 1 fully saturated rings. The third kappa shape index (κ3) is 5.10. The maximum absolute atomic E-state index is 12.0. The number of carbonyl (C=O) groups is 1. The van der Waals surface area contributed by atoms with E-state index in [-0.39, 0.29) is 23.9 Å². The smallest absolute Gasteiger partial charge is 0.240 e. The predicted octanol–water partition coefficient (Wildman–Crippen LogP) is 0.720. The fraction of sp³-hybridized carbons (Fsp3) is 0.917. The molecular weight excluding hydrogens is 256 g/mol. The summed E-state index contributed by atoms with van der Waals surface area (Å²) in [6, 6.07) is 0.